The molecule has 17 heavy (non-hydrogen) atoms. The summed E-state index contributed by atoms with van der Waals surface area (Å²) in [6, 6.07) is 6.09. The van der Waals surface area contributed by atoms with E-state index in [9.17, 15) is 13.2 Å². The van der Waals surface area contributed by atoms with Gasteiger partial charge in [-0.05, 0) is 17.7 Å². The first-order chi connectivity index (χ1) is 7.83. The Kier molecular flexibility index (Phi) is 4.08. The molecule has 0 aromatic heterocycles. The third-order valence-electron chi connectivity index (χ3n) is 2.15. The lowest BCUT2D eigenvalue weighted by Crippen LogP contribution is -2.21. The van der Waals surface area contributed by atoms with Crippen molar-refractivity contribution >= 4 is 21.7 Å². The first kappa shape index (κ1) is 13.5. The van der Waals surface area contributed by atoms with Gasteiger partial charge < -0.3 is 10.8 Å². The van der Waals surface area contributed by atoms with Gasteiger partial charge >= 0.3 is 5.97 Å². The minimum absolute atomic E-state index is 0.00577. The van der Waals surface area contributed by atoms with Crippen LogP contribution in [0.15, 0.2) is 24.3 Å². The Morgan fingerprint density at radius 3 is 2.29 bits per heavy atom. The minimum atomic E-state index is -3.32. The van der Waals surface area contributed by atoms with Crippen molar-refractivity contribution in [1.29, 1.82) is 0 Å². The summed E-state index contributed by atoms with van der Waals surface area (Å²) in [5.74, 6) is -1.78. The third-order valence-corrected chi connectivity index (χ3v) is 2.76. The van der Waals surface area contributed by atoms with Gasteiger partial charge in [-0.3, -0.25) is 9.52 Å². The molecule has 0 amide bonds. The zero-order valence-corrected chi connectivity index (χ0v) is 10.1. The quantitative estimate of drug-likeness (QED) is 0.698. The molecule has 1 rings (SSSR count). The van der Waals surface area contributed by atoms with Crippen molar-refractivity contribution in [2.24, 2.45) is 5.73 Å². The number of nitrogens with one attached hydrogen (secondary N) is 1. The second-order valence-corrected chi connectivity index (χ2v) is 5.37. The maximum atomic E-state index is 11.0. The number of hydrogen-bond donors (Lipinski definition) is 3. The Hall–Kier alpha value is -1.60. The van der Waals surface area contributed by atoms with Gasteiger partial charge in [-0.15, -0.1) is 0 Å². The van der Waals surface area contributed by atoms with Crippen molar-refractivity contribution in [1.82, 2.24) is 0 Å². The molecule has 1 unspecified atom stereocenters. The molecule has 7 heteroatoms. The minimum Gasteiger partial charge on any atom is -0.481 e. The Balaban J connectivity index is 2.91. The molecule has 0 fully saturated rings. The molecule has 0 aliphatic rings. The predicted octanol–water partition coefficient (Wildman–Crippen LogP) is 0.185. The highest BCUT2D eigenvalue weighted by Crippen LogP contribution is 2.18. The number of carbonyl (C=O) groups is 1. The number of aliphatic carboxylic acids is 1. The number of hydrogen-bond acceptors (Lipinski definition) is 4. The van der Waals surface area contributed by atoms with E-state index in [0.717, 1.165) is 6.26 Å². The largest absolute Gasteiger partial charge is 0.481 e. The monoisotopic (exact) mass is 258 g/mol. The van der Waals surface area contributed by atoms with Crippen LogP contribution in [-0.2, 0) is 14.8 Å². The van der Waals surface area contributed by atoms with Gasteiger partial charge in [0.1, 0.15) is 0 Å². The topological polar surface area (TPSA) is 109 Å². The molecular formula is C10H14N2O4S. The predicted molar refractivity (Wildman–Crippen MR) is 64.3 cm³/mol. The lowest BCUT2D eigenvalue weighted by molar-refractivity contribution is -0.138. The number of carboxylic acid groups (broad SMARTS) is 1. The average Bonchev–Trinajstić information content (AvgIpc) is 2.18. The summed E-state index contributed by atoms with van der Waals surface area (Å²) in [7, 11) is -3.32. The van der Waals surface area contributed by atoms with Crippen LogP contribution in [0.4, 0.5) is 5.69 Å². The van der Waals surface area contributed by atoms with Crippen LogP contribution in [0.3, 0.4) is 0 Å². The number of rotatable bonds is 5. The van der Waals surface area contributed by atoms with E-state index in [-0.39, 0.29) is 6.54 Å². The fourth-order valence-electron chi connectivity index (χ4n) is 1.38. The molecule has 1 atom stereocenters. The lowest BCUT2D eigenvalue weighted by Gasteiger charge is -2.11. The molecule has 0 aliphatic carbocycles. The van der Waals surface area contributed by atoms with E-state index in [1.165, 1.54) is 12.1 Å². The zero-order valence-electron chi connectivity index (χ0n) is 9.25. The number of carboxylic acids is 1. The Morgan fingerprint density at radius 2 is 1.94 bits per heavy atom. The van der Waals surface area contributed by atoms with Crippen LogP contribution in [-0.4, -0.2) is 32.3 Å². The van der Waals surface area contributed by atoms with Gasteiger partial charge in [-0.25, -0.2) is 8.42 Å². The SMILES string of the molecule is CS(=O)(=O)Nc1ccc(C(CN)C(=O)O)cc1. The van der Waals surface area contributed by atoms with Crippen molar-refractivity contribution < 1.29 is 18.3 Å². The van der Waals surface area contributed by atoms with Gasteiger partial charge in [-0.1, -0.05) is 12.1 Å². The van der Waals surface area contributed by atoms with E-state index >= 15 is 0 Å². The summed E-state index contributed by atoms with van der Waals surface area (Å²) in [6.45, 7) is -0.00577. The Bertz CT molecular complexity index is 496. The highest BCUT2D eigenvalue weighted by atomic mass is 32.2. The molecule has 0 spiro atoms. The van der Waals surface area contributed by atoms with Crippen molar-refractivity contribution in [3.63, 3.8) is 0 Å². The van der Waals surface area contributed by atoms with Crippen LogP contribution in [0.1, 0.15) is 11.5 Å². The van der Waals surface area contributed by atoms with Gasteiger partial charge in [0, 0.05) is 12.2 Å². The molecule has 0 bridgehead atoms. The molecular weight excluding hydrogens is 244 g/mol. The molecule has 4 N–H and O–H groups in total. The number of anilines is 1. The maximum Gasteiger partial charge on any atom is 0.312 e. The van der Waals surface area contributed by atoms with Crippen molar-refractivity contribution in [2.75, 3.05) is 17.5 Å². The lowest BCUT2D eigenvalue weighted by atomic mass is 9.99. The molecule has 0 heterocycles. The highest BCUT2D eigenvalue weighted by molar-refractivity contribution is 7.92. The van der Waals surface area contributed by atoms with Crippen LogP contribution in [0, 0.1) is 0 Å². The Morgan fingerprint density at radius 1 is 1.41 bits per heavy atom. The second-order valence-electron chi connectivity index (χ2n) is 3.62. The highest BCUT2D eigenvalue weighted by Gasteiger charge is 2.17. The summed E-state index contributed by atoms with van der Waals surface area (Å²) in [4.78, 5) is 10.9. The van der Waals surface area contributed by atoms with Gasteiger partial charge in [0.2, 0.25) is 10.0 Å². The van der Waals surface area contributed by atoms with Gasteiger partial charge in [0.15, 0.2) is 0 Å². The van der Waals surface area contributed by atoms with E-state index in [1.807, 2.05) is 0 Å². The number of nitrogens with two attached hydrogens (primary N) is 1. The fraction of sp³-hybridized carbons (Fsp3) is 0.300. The molecule has 0 aliphatic heterocycles. The third kappa shape index (κ3) is 4.04. The normalized spacial score (nSPS) is 13.1. The molecule has 6 nitrogen and oxygen atoms in total. The van der Waals surface area contributed by atoms with Crippen molar-refractivity contribution in [3.8, 4) is 0 Å². The fourth-order valence-corrected chi connectivity index (χ4v) is 1.94. The molecule has 0 radical (unpaired) electrons. The van der Waals surface area contributed by atoms with Gasteiger partial charge in [0.25, 0.3) is 0 Å². The van der Waals surface area contributed by atoms with Crippen LogP contribution in [0.5, 0.6) is 0 Å². The first-order valence-electron chi connectivity index (χ1n) is 4.84. The second kappa shape index (κ2) is 5.15. The summed E-state index contributed by atoms with van der Waals surface area (Å²) < 4.78 is 24.2. The molecule has 1 aromatic rings. The Labute approximate surface area is 99.5 Å². The summed E-state index contributed by atoms with van der Waals surface area (Å²) in [6.07, 6.45) is 1.04. The average molecular weight is 258 g/mol. The smallest absolute Gasteiger partial charge is 0.312 e. The van der Waals surface area contributed by atoms with E-state index < -0.39 is 21.9 Å². The van der Waals surface area contributed by atoms with E-state index in [2.05, 4.69) is 4.72 Å². The standard InChI is InChI=1S/C10H14N2O4S/c1-17(15,16)12-8-4-2-7(3-5-8)9(6-11)10(13)14/h2-5,9,12H,6,11H2,1H3,(H,13,14). The summed E-state index contributed by atoms with van der Waals surface area (Å²) >= 11 is 0. The first-order valence-corrected chi connectivity index (χ1v) is 6.73. The van der Waals surface area contributed by atoms with Crippen LogP contribution >= 0.6 is 0 Å². The van der Waals surface area contributed by atoms with E-state index in [4.69, 9.17) is 10.8 Å². The summed E-state index contributed by atoms with van der Waals surface area (Å²) in [5, 5.41) is 8.89. The van der Waals surface area contributed by atoms with E-state index in [1.54, 1.807) is 12.1 Å². The molecule has 0 saturated heterocycles. The van der Waals surface area contributed by atoms with E-state index in [0.29, 0.717) is 11.3 Å². The van der Waals surface area contributed by atoms with Crippen LogP contribution in [0.2, 0.25) is 0 Å². The molecule has 0 saturated carbocycles. The van der Waals surface area contributed by atoms with Crippen LogP contribution < -0.4 is 10.5 Å². The molecule has 94 valence electrons. The zero-order chi connectivity index (χ0) is 13.1. The molecule has 1 aromatic carbocycles. The van der Waals surface area contributed by atoms with Crippen molar-refractivity contribution in [3.05, 3.63) is 29.8 Å². The summed E-state index contributed by atoms with van der Waals surface area (Å²) in [5.41, 5.74) is 6.28. The van der Waals surface area contributed by atoms with Gasteiger partial charge in [0.05, 0.1) is 12.2 Å². The van der Waals surface area contributed by atoms with Crippen LogP contribution in [0.25, 0.3) is 0 Å². The number of benzene rings is 1. The van der Waals surface area contributed by atoms with Crippen molar-refractivity contribution in [2.45, 2.75) is 5.92 Å². The number of sulfonamides is 1. The maximum absolute atomic E-state index is 11.0. The van der Waals surface area contributed by atoms with Gasteiger partial charge in [-0.2, -0.15) is 0 Å².